The van der Waals surface area contributed by atoms with E-state index < -0.39 is 5.97 Å². The number of allylic oxidation sites excluding steroid dienone is 1. The van der Waals surface area contributed by atoms with Crippen molar-refractivity contribution >= 4 is 23.0 Å². The number of fused-ring (bicyclic) bond motifs is 1. The second-order valence-electron chi connectivity index (χ2n) is 4.91. The second-order valence-corrected chi connectivity index (χ2v) is 4.91. The predicted octanol–water partition coefficient (Wildman–Crippen LogP) is 4.20. The maximum Gasteiger partial charge on any atom is 0.379 e. The van der Waals surface area contributed by atoms with Crippen LogP contribution in [0.25, 0.3) is 17.0 Å². The summed E-state index contributed by atoms with van der Waals surface area (Å²) >= 11 is 0. The normalized spacial score (nSPS) is 10.7. The molecule has 5 nitrogen and oxygen atoms in total. The van der Waals surface area contributed by atoms with Crippen molar-refractivity contribution in [1.29, 1.82) is 5.26 Å². The number of hydrogen-bond acceptors (Lipinski definition) is 5. The molecule has 0 fully saturated rings. The van der Waals surface area contributed by atoms with Crippen LogP contribution in [0, 0.1) is 11.3 Å². The number of nitrogens with zero attached hydrogens (tertiary/aromatic N) is 1. The average molecular weight is 319 g/mol. The van der Waals surface area contributed by atoms with Crippen LogP contribution in [-0.2, 0) is 0 Å². The molecule has 24 heavy (non-hydrogen) atoms. The maximum atomic E-state index is 12.3. The molecule has 0 N–H and O–H groups in total. The summed E-state index contributed by atoms with van der Waals surface area (Å²) in [6.07, 6.45) is 2.99. The lowest BCUT2D eigenvalue weighted by Crippen LogP contribution is -2.08. The van der Waals surface area contributed by atoms with Crippen LogP contribution in [0.3, 0.4) is 0 Å². The van der Waals surface area contributed by atoms with Crippen molar-refractivity contribution in [2.75, 3.05) is 7.11 Å². The number of furan rings is 1. The average Bonchev–Trinajstić information content (AvgIpc) is 3.05. The molecular formula is C19H13NO4. The summed E-state index contributed by atoms with van der Waals surface area (Å²) in [5.41, 5.74) is 1.38. The monoisotopic (exact) mass is 319 g/mol. The molecule has 118 valence electrons. The van der Waals surface area contributed by atoms with E-state index in [4.69, 9.17) is 19.2 Å². The van der Waals surface area contributed by atoms with Crippen LogP contribution < -0.4 is 9.47 Å². The van der Waals surface area contributed by atoms with Gasteiger partial charge in [-0.2, -0.15) is 5.26 Å². The Bertz CT molecular complexity index is 930. The first-order chi connectivity index (χ1) is 11.7. The fraction of sp³-hybridized carbons (Fsp3) is 0.0526. The number of carbonyl (C=O) groups is 1. The first-order valence-electron chi connectivity index (χ1n) is 7.16. The Balaban J connectivity index is 1.85. The van der Waals surface area contributed by atoms with E-state index in [1.54, 1.807) is 36.4 Å². The minimum absolute atomic E-state index is 0.117. The summed E-state index contributed by atoms with van der Waals surface area (Å²) in [6.45, 7) is 0. The fourth-order valence-corrected chi connectivity index (χ4v) is 2.24. The third-order valence-corrected chi connectivity index (χ3v) is 3.37. The molecule has 2 aromatic carbocycles. The molecule has 0 bridgehead atoms. The molecule has 1 aromatic heterocycles. The molecule has 0 aliphatic heterocycles. The standard InChI is InChI=1S/C19H13NO4/c1-22-17-11-13(5-4-10-20)8-9-16(17)24-19(21)18-12-14-6-2-3-7-15(14)23-18/h2-9,11-12H,1H3/b5-4-. The van der Waals surface area contributed by atoms with Crippen LogP contribution in [0.2, 0.25) is 0 Å². The Hall–Kier alpha value is -3.52. The van der Waals surface area contributed by atoms with Crippen LogP contribution in [0.4, 0.5) is 0 Å². The molecule has 0 aliphatic carbocycles. The van der Waals surface area contributed by atoms with Crippen LogP contribution >= 0.6 is 0 Å². The highest BCUT2D eigenvalue weighted by Gasteiger charge is 2.17. The van der Waals surface area contributed by atoms with Crippen molar-refractivity contribution in [1.82, 2.24) is 0 Å². The summed E-state index contributed by atoms with van der Waals surface area (Å²) < 4.78 is 16.1. The van der Waals surface area contributed by atoms with E-state index in [9.17, 15) is 4.79 Å². The molecule has 0 atom stereocenters. The summed E-state index contributed by atoms with van der Waals surface area (Å²) in [7, 11) is 1.48. The number of benzene rings is 2. The van der Waals surface area contributed by atoms with E-state index in [-0.39, 0.29) is 11.5 Å². The quantitative estimate of drug-likeness (QED) is 0.409. The van der Waals surface area contributed by atoms with Gasteiger partial charge in [0.15, 0.2) is 11.5 Å². The number of carbonyl (C=O) groups excluding carboxylic acids is 1. The van der Waals surface area contributed by atoms with E-state index in [0.29, 0.717) is 11.3 Å². The molecule has 0 saturated heterocycles. The minimum atomic E-state index is -0.607. The van der Waals surface area contributed by atoms with Gasteiger partial charge in [-0.3, -0.25) is 0 Å². The Morgan fingerprint density at radius 1 is 1.17 bits per heavy atom. The van der Waals surface area contributed by atoms with Crippen LogP contribution in [-0.4, -0.2) is 13.1 Å². The van der Waals surface area contributed by atoms with Crippen LogP contribution in [0.1, 0.15) is 16.1 Å². The van der Waals surface area contributed by atoms with Gasteiger partial charge in [0, 0.05) is 11.5 Å². The maximum absolute atomic E-state index is 12.3. The Morgan fingerprint density at radius 2 is 2.00 bits per heavy atom. The Morgan fingerprint density at radius 3 is 2.75 bits per heavy atom. The topological polar surface area (TPSA) is 72.5 Å². The summed E-state index contributed by atoms with van der Waals surface area (Å²) in [4.78, 5) is 12.3. The summed E-state index contributed by atoms with van der Waals surface area (Å²) in [6, 6.07) is 15.9. The van der Waals surface area contributed by atoms with Crippen molar-refractivity contribution in [2.45, 2.75) is 0 Å². The van der Waals surface area contributed by atoms with Crippen molar-refractivity contribution in [3.8, 4) is 17.6 Å². The van der Waals surface area contributed by atoms with Gasteiger partial charge >= 0.3 is 5.97 Å². The SMILES string of the molecule is COc1cc(/C=C\C#N)ccc1OC(=O)c1cc2ccccc2o1. The van der Waals surface area contributed by atoms with Gasteiger partial charge in [-0.25, -0.2) is 4.79 Å². The number of ether oxygens (including phenoxy) is 2. The smallest absolute Gasteiger partial charge is 0.379 e. The van der Waals surface area contributed by atoms with Crippen LogP contribution in [0.15, 0.2) is 59.0 Å². The summed E-state index contributed by atoms with van der Waals surface area (Å²) in [5, 5.41) is 9.39. The van der Waals surface area contributed by atoms with Gasteiger partial charge in [0.25, 0.3) is 0 Å². The van der Waals surface area contributed by atoms with Crippen molar-refractivity contribution in [3.05, 3.63) is 65.9 Å². The summed E-state index contributed by atoms with van der Waals surface area (Å²) in [5.74, 6) is 0.174. The van der Waals surface area contributed by atoms with E-state index in [2.05, 4.69) is 0 Å². The number of para-hydroxylation sites is 1. The Labute approximate surface area is 138 Å². The number of esters is 1. The molecule has 3 rings (SSSR count). The minimum Gasteiger partial charge on any atom is -0.493 e. The van der Waals surface area contributed by atoms with E-state index in [0.717, 1.165) is 10.9 Å². The lowest BCUT2D eigenvalue weighted by molar-refractivity contribution is 0.0699. The highest BCUT2D eigenvalue weighted by molar-refractivity contribution is 5.93. The van der Waals surface area contributed by atoms with Gasteiger partial charge in [-0.05, 0) is 35.9 Å². The molecule has 0 unspecified atom stereocenters. The number of nitriles is 1. The number of methoxy groups -OCH3 is 1. The molecular weight excluding hydrogens is 306 g/mol. The first kappa shape index (κ1) is 15.4. The van der Waals surface area contributed by atoms with Crippen molar-refractivity contribution < 1.29 is 18.7 Å². The zero-order valence-corrected chi connectivity index (χ0v) is 12.9. The van der Waals surface area contributed by atoms with E-state index in [1.807, 2.05) is 24.3 Å². The first-order valence-corrected chi connectivity index (χ1v) is 7.16. The van der Waals surface area contributed by atoms with Gasteiger partial charge in [0.1, 0.15) is 5.58 Å². The molecule has 1 heterocycles. The second kappa shape index (κ2) is 6.71. The molecule has 5 heteroatoms. The zero-order valence-electron chi connectivity index (χ0n) is 12.9. The molecule has 0 aliphatic rings. The number of rotatable bonds is 4. The lowest BCUT2D eigenvalue weighted by Gasteiger charge is -2.08. The molecule has 0 radical (unpaired) electrons. The van der Waals surface area contributed by atoms with Gasteiger partial charge in [-0.1, -0.05) is 24.3 Å². The molecule has 3 aromatic rings. The lowest BCUT2D eigenvalue weighted by atomic mass is 10.2. The van der Waals surface area contributed by atoms with E-state index in [1.165, 1.54) is 13.2 Å². The fourth-order valence-electron chi connectivity index (χ4n) is 2.24. The third-order valence-electron chi connectivity index (χ3n) is 3.37. The van der Waals surface area contributed by atoms with Gasteiger partial charge in [0.2, 0.25) is 5.76 Å². The highest BCUT2D eigenvalue weighted by Crippen LogP contribution is 2.30. The zero-order chi connectivity index (χ0) is 16.9. The van der Waals surface area contributed by atoms with E-state index >= 15 is 0 Å². The molecule has 0 spiro atoms. The number of hydrogen-bond donors (Lipinski definition) is 0. The van der Waals surface area contributed by atoms with Crippen LogP contribution in [0.5, 0.6) is 11.5 Å². The Kier molecular flexibility index (Phi) is 4.30. The van der Waals surface area contributed by atoms with Crippen molar-refractivity contribution in [3.63, 3.8) is 0 Å². The van der Waals surface area contributed by atoms with Gasteiger partial charge in [0.05, 0.1) is 13.2 Å². The third kappa shape index (κ3) is 3.13. The molecule has 0 saturated carbocycles. The largest absolute Gasteiger partial charge is 0.493 e. The molecule has 0 amide bonds. The highest BCUT2D eigenvalue weighted by atomic mass is 16.6. The van der Waals surface area contributed by atoms with Crippen molar-refractivity contribution in [2.24, 2.45) is 0 Å². The van der Waals surface area contributed by atoms with Gasteiger partial charge in [-0.15, -0.1) is 0 Å². The predicted molar refractivity (Wildman–Crippen MR) is 88.8 cm³/mol. The van der Waals surface area contributed by atoms with Gasteiger partial charge < -0.3 is 13.9 Å².